The van der Waals surface area contributed by atoms with Gasteiger partial charge in [0.05, 0.1) is 10.0 Å². The SMILES string of the molecule is O=C(C=Cc1ccccc1Cc1ccc(Cl)c(Cl)c1)NS(=O)(=O)c1cccs1. The lowest BCUT2D eigenvalue weighted by atomic mass is 9.99. The van der Waals surface area contributed by atoms with E-state index in [9.17, 15) is 13.2 Å². The average molecular weight is 452 g/mol. The van der Waals surface area contributed by atoms with Gasteiger partial charge in [-0.15, -0.1) is 11.3 Å². The molecule has 0 atom stereocenters. The molecular weight excluding hydrogens is 437 g/mol. The van der Waals surface area contributed by atoms with Crippen LogP contribution in [0.25, 0.3) is 6.08 Å². The maximum Gasteiger partial charge on any atom is 0.273 e. The summed E-state index contributed by atoms with van der Waals surface area (Å²) in [7, 11) is -3.85. The van der Waals surface area contributed by atoms with Crippen molar-refractivity contribution < 1.29 is 13.2 Å². The molecule has 0 aliphatic rings. The molecule has 0 radical (unpaired) electrons. The minimum absolute atomic E-state index is 0.0919. The van der Waals surface area contributed by atoms with E-state index in [1.54, 1.807) is 29.7 Å². The second-order valence-electron chi connectivity index (χ2n) is 5.86. The van der Waals surface area contributed by atoms with E-state index in [1.807, 2.05) is 35.1 Å². The van der Waals surface area contributed by atoms with Gasteiger partial charge in [0, 0.05) is 6.08 Å². The lowest BCUT2D eigenvalue weighted by molar-refractivity contribution is -0.114. The molecule has 0 aliphatic carbocycles. The van der Waals surface area contributed by atoms with Crippen molar-refractivity contribution in [2.24, 2.45) is 0 Å². The molecule has 144 valence electrons. The number of sulfonamides is 1. The first kappa shape index (κ1) is 20.6. The number of hydrogen-bond donors (Lipinski definition) is 1. The lowest BCUT2D eigenvalue weighted by Crippen LogP contribution is -2.28. The summed E-state index contributed by atoms with van der Waals surface area (Å²) in [6, 6.07) is 16.0. The van der Waals surface area contributed by atoms with Crippen LogP contribution in [0.4, 0.5) is 0 Å². The van der Waals surface area contributed by atoms with Crippen LogP contribution in [0.5, 0.6) is 0 Å². The summed E-state index contributed by atoms with van der Waals surface area (Å²) >= 11 is 13.1. The van der Waals surface area contributed by atoms with Crippen LogP contribution in [0.3, 0.4) is 0 Å². The fourth-order valence-electron chi connectivity index (χ4n) is 2.53. The van der Waals surface area contributed by atoms with Crippen LogP contribution in [-0.4, -0.2) is 14.3 Å². The molecule has 2 aromatic carbocycles. The molecule has 0 saturated carbocycles. The number of hydrogen-bond acceptors (Lipinski definition) is 4. The molecule has 1 heterocycles. The van der Waals surface area contributed by atoms with Crippen molar-refractivity contribution in [1.29, 1.82) is 0 Å². The van der Waals surface area contributed by atoms with E-state index in [-0.39, 0.29) is 4.21 Å². The van der Waals surface area contributed by atoms with Gasteiger partial charge < -0.3 is 0 Å². The van der Waals surface area contributed by atoms with Gasteiger partial charge in [-0.2, -0.15) is 0 Å². The van der Waals surface area contributed by atoms with Gasteiger partial charge in [-0.1, -0.05) is 59.6 Å². The molecule has 1 N–H and O–H groups in total. The van der Waals surface area contributed by atoms with Crippen LogP contribution in [0, 0.1) is 0 Å². The normalized spacial score (nSPS) is 11.6. The summed E-state index contributed by atoms with van der Waals surface area (Å²) < 4.78 is 26.3. The fourth-order valence-corrected chi connectivity index (χ4v) is 4.78. The third-order valence-corrected chi connectivity index (χ3v) is 7.33. The van der Waals surface area contributed by atoms with Gasteiger partial charge in [-0.3, -0.25) is 4.79 Å². The Bertz CT molecular complexity index is 1120. The Morgan fingerprint density at radius 1 is 1.04 bits per heavy atom. The summed E-state index contributed by atoms with van der Waals surface area (Å²) in [5.74, 6) is -0.710. The van der Waals surface area contributed by atoms with Crippen molar-refractivity contribution in [2.45, 2.75) is 10.6 Å². The minimum atomic E-state index is -3.85. The smallest absolute Gasteiger partial charge is 0.269 e. The number of rotatable bonds is 6. The maximum absolute atomic E-state index is 12.1. The van der Waals surface area contributed by atoms with E-state index in [4.69, 9.17) is 23.2 Å². The van der Waals surface area contributed by atoms with Crippen LogP contribution in [0.2, 0.25) is 10.0 Å². The zero-order valence-electron chi connectivity index (χ0n) is 14.4. The Morgan fingerprint density at radius 3 is 2.54 bits per heavy atom. The Hall–Kier alpha value is -2.12. The van der Waals surface area contributed by atoms with Gasteiger partial charge in [-0.25, -0.2) is 13.1 Å². The largest absolute Gasteiger partial charge is 0.273 e. The van der Waals surface area contributed by atoms with Gasteiger partial charge in [0.25, 0.3) is 15.9 Å². The predicted molar refractivity (Wildman–Crippen MR) is 114 cm³/mol. The number of thiophene rings is 1. The topological polar surface area (TPSA) is 63.2 Å². The van der Waals surface area contributed by atoms with E-state index in [0.717, 1.165) is 28.0 Å². The predicted octanol–water partition coefficient (Wildman–Crippen LogP) is 5.16. The number of amides is 1. The first-order valence-electron chi connectivity index (χ1n) is 8.15. The Labute approximate surface area is 177 Å². The minimum Gasteiger partial charge on any atom is -0.269 e. The molecule has 1 aromatic heterocycles. The number of carbonyl (C=O) groups excluding carboxylic acids is 1. The summed E-state index contributed by atoms with van der Waals surface area (Å²) in [6.07, 6.45) is 3.39. The highest BCUT2D eigenvalue weighted by Crippen LogP contribution is 2.25. The molecule has 0 fully saturated rings. The lowest BCUT2D eigenvalue weighted by Gasteiger charge is -2.07. The fraction of sp³-hybridized carbons (Fsp3) is 0.0500. The van der Waals surface area contributed by atoms with Gasteiger partial charge in [0.2, 0.25) is 0 Å². The molecular formula is C20H15Cl2NO3S2. The molecule has 3 aromatic rings. The van der Waals surface area contributed by atoms with E-state index < -0.39 is 15.9 Å². The molecule has 8 heteroatoms. The van der Waals surface area contributed by atoms with Crippen molar-refractivity contribution in [3.8, 4) is 0 Å². The number of benzene rings is 2. The van der Waals surface area contributed by atoms with Crippen molar-refractivity contribution in [3.05, 3.63) is 92.8 Å². The molecule has 4 nitrogen and oxygen atoms in total. The van der Waals surface area contributed by atoms with Gasteiger partial charge in [-0.05, 0) is 52.8 Å². The van der Waals surface area contributed by atoms with Crippen molar-refractivity contribution in [2.75, 3.05) is 0 Å². The van der Waals surface area contributed by atoms with E-state index in [2.05, 4.69) is 0 Å². The Kier molecular flexibility index (Phi) is 6.57. The molecule has 1 amide bonds. The van der Waals surface area contributed by atoms with Crippen LogP contribution in [0.1, 0.15) is 16.7 Å². The van der Waals surface area contributed by atoms with Gasteiger partial charge in [0.15, 0.2) is 0 Å². The maximum atomic E-state index is 12.1. The molecule has 0 aliphatic heterocycles. The standard InChI is InChI=1S/C20H15Cl2NO3S2/c21-17-9-7-14(13-18(17)22)12-16-5-2-1-4-15(16)8-10-19(24)23-28(25,26)20-6-3-11-27-20/h1-11,13H,12H2,(H,23,24). The molecule has 0 unspecified atom stereocenters. The molecule has 3 rings (SSSR count). The first-order chi connectivity index (χ1) is 13.3. The highest BCUT2D eigenvalue weighted by atomic mass is 35.5. The summed E-state index contributed by atoms with van der Waals surface area (Å²) in [5.41, 5.74) is 2.74. The summed E-state index contributed by atoms with van der Waals surface area (Å²) in [4.78, 5) is 12.1. The Balaban J connectivity index is 1.75. The number of nitrogens with one attached hydrogen (secondary N) is 1. The Morgan fingerprint density at radius 2 is 1.82 bits per heavy atom. The highest BCUT2D eigenvalue weighted by Gasteiger charge is 2.17. The van der Waals surface area contributed by atoms with E-state index in [1.165, 1.54) is 12.1 Å². The average Bonchev–Trinajstić information content (AvgIpc) is 3.19. The second kappa shape index (κ2) is 8.92. The van der Waals surface area contributed by atoms with Gasteiger partial charge >= 0.3 is 0 Å². The third kappa shape index (κ3) is 5.23. The van der Waals surface area contributed by atoms with Crippen molar-refractivity contribution in [3.63, 3.8) is 0 Å². The van der Waals surface area contributed by atoms with Crippen LogP contribution >= 0.6 is 34.5 Å². The summed E-state index contributed by atoms with van der Waals surface area (Å²) in [6.45, 7) is 0. The third-order valence-electron chi connectivity index (χ3n) is 3.84. The van der Waals surface area contributed by atoms with E-state index >= 15 is 0 Å². The first-order valence-corrected chi connectivity index (χ1v) is 11.3. The monoisotopic (exact) mass is 451 g/mol. The van der Waals surface area contributed by atoms with Crippen LogP contribution < -0.4 is 4.72 Å². The highest BCUT2D eigenvalue weighted by molar-refractivity contribution is 7.92. The molecule has 0 saturated heterocycles. The van der Waals surface area contributed by atoms with Crippen molar-refractivity contribution in [1.82, 2.24) is 4.72 Å². The van der Waals surface area contributed by atoms with Crippen LogP contribution in [-0.2, 0) is 21.2 Å². The number of halogens is 2. The zero-order chi connectivity index (χ0) is 20.1. The molecule has 28 heavy (non-hydrogen) atoms. The van der Waals surface area contributed by atoms with Crippen LogP contribution in [0.15, 0.2) is 70.3 Å². The quantitative estimate of drug-likeness (QED) is 0.526. The zero-order valence-corrected chi connectivity index (χ0v) is 17.6. The van der Waals surface area contributed by atoms with Crippen molar-refractivity contribution >= 4 is 56.5 Å². The second-order valence-corrected chi connectivity index (χ2v) is 9.53. The summed E-state index contributed by atoms with van der Waals surface area (Å²) in [5, 5.41) is 2.60. The van der Waals surface area contributed by atoms with E-state index in [0.29, 0.717) is 16.5 Å². The number of carbonyl (C=O) groups is 1. The molecule has 0 spiro atoms. The molecule has 0 bridgehead atoms. The van der Waals surface area contributed by atoms with Gasteiger partial charge in [0.1, 0.15) is 4.21 Å².